The summed E-state index contributed by atoms with van der Waals surface area (Å²) in [7, 11) is 2.09. The van der Waals surface area contributed by atoms with E-state index in [4.69, 9.17) is 14.2 Å². The molecule has 134 valence electrons. The van der Waals surface area contributed by atoms with E-state index >= 15 is 0 Å². The zero-order valence-corrected chi connectivity index (χ0v) is 15.4. The van der Waals surface area contributed by atoms with Crippen LogP contribution in [0.1, 0.15) is 39.7 Å². The maximum atomic E-state index is 12.1. The fourth-order valence-corrected chi connectivity index (χ4v) is 3.35. The third-order valence-corrected chi connectivity index (χ3v) is 4.47. The Hall–Kier alpha value is -1.75. The van der Waals surface area contributed by atoms with Gasteiger partial charge in [0.1, 0.15) is 11.4 Å². The lowest BCUT2D eigenvalue weighted by molar-refractivity contribution is -0.0997. The second-order valence-electron chi connectivity index (χ2n) is 6.78. The average Bonchev–Trinajstić information content (AvgIpc) is 2.50. The van der Waals surface area contributed by atoms with Crippen LogP contribution in [0.15, 0.2) is 24.3 Å². The minimum atomic E-state index is -0.685. The van der Waals surface area contributed by atoms with Crippen molar-refractivity contribution in [1.29, 1.82) is 0 Å². The summed E-state index contributed by atoms with van der Waals surface area (Å²) in [6, 6.07) is 7.88. The molecular formula is C19H29NO4. The molecule has 2 atom stereocenters. The maximum absolute atomic E-state index is 12.1. The number of benzene rings is 1. The normalized spacial score (nSPS) is 24.7. The summed E-state index contributed by atoms with van der Waals surface area (Å²) in [4.78, 5) is 14.3. The van der Waals surface area contributed by atoms with Crippen LogP contribution in [0.2, 0.25) is 0 Å². The van der Waals surface area contributed by atoms with E-state index in [9.17, 15) is 4.79 Å². The van der Waals surface area contributed by atoms with Crippen LogP contribution in [-0.2, 0) is 15.1 Å². The Kier molecular flexibility index (Phi) is 6.10. The second-order valence-corrected chi connectivity index (χ2v) is 6.78. The largest absolute Gasteiger partial charge is 0.509 e. The molecule has 5 heteroatoms. The highest BCUT2D eigenvalue weighted by Gasteiger charge is 2.45. The van der Waals surface area contributed by atoms with Crippen LogP contribution in [-0.4, -0.2) is 43.9 Å². The van der Waals surface area contributed by atoms with E-state index in [0.29, 0.717) is 6.61 Å². The second kappa shape index (κ2) is 7.88. The zero-order valence-electron chi connectivity index (χ0n) is 15.4. The van der Waals surface area contributed by atoms with Crippen LogP contribution < -0.4 is 4.74 Å². The fourth-order valence-electron chi connectivity index (χ4n) is 3.35. The molecule has 1 aliphatic rings. The van der Waals surface area contributed by atoms with Crippen molar-refractivity contribution in [2.24, 2.45) is 5.92 Å². The van der Waals surface area contributed by atoms with Gasteiger partial charge in [0.2, 0.25) is 0 Å². The fraction of sp³-hybridized carbons (Fsp3) is 0.632. The van der Waals surface area contributed by atoms with Gasteiger partial charge in [-0.15, -0.1) is 0 Å². The van der Waals surface area contributed by atoms with Crippen molar-refractivity contribution in [3.05, 3.63) is 29.8 Å². The summed E-state index contributed by atoms with van der Waals surface area (Å²) < 4.78 is 16.8. The first kappa shape index (κ1) is 18.6. The van der Waals surface area contributed by atoms with Crippen molar-refractivity contribution in [2.45, 2.75) is 45.8 Å². The van der Waals surface area contributed by atoms with Crippen LogP contribution in [0.3, 0.4) is 0 Å². The van der Waals surface area contributed by atoms with Crippen LogP contribution >= 0.6 is 0 Å². The quantitative estimate of drug-likeness (QED) is 0.766. The van der Waals surface area contributed by atoms with Crippen LogP contribution in [0.4, 0.5) is 4.79 Å². The number of carbonyl (C=O) groups is 1. The topological polar surface area (TPSA) is 48.0 Å². The molecule has 1 aromatic carbocycles. The van der Waals surface area contributed by atoms with Gasteiger partial charge >= 0.3 is 6.16 Å². The summed E-state index contributed by atoms with van der Waals surface area (Å²) in [5.41, 5.74) is 0.282. The Labute approximate surface area is 144 Å². The van der Waals surface area contributed by atoms with Gasteiger partial charge in [0, 0.05) is 25.4 Å². The zero-order chi connectivity index (χ0) is 17.7. The van der Waals surface area contributed by atoms with E-state index in [1.807, 2.05) is 38.1 Å². The van der Waals surface area contributed by atoms with Crippen LogP contribution in [0.5, 0.6) is 5.75 Å². The smallest absolute Gasteiger partial charge is 0.491 e. The van der Waals surface area contributed by atoms with Gasteiger partial charge in [-0.2, -0.15) is 0 Å². The van der Waals surface area contributed by atoms with Crippen molar-refractivity contribution in [3.8, 4) is 5.75 Å². The first-order valence-corrected chi connectivity index (χ1v) is 8.69. The van der Waals surface area contributed by atoms with E-state index in [-0.39, 0.29) is 12.0 Å². The molecule has 24 heavy (non-hydrogen) atoms. The Morgan fingerprint density at radius 3 is 2.79 bits per heavy atom. The minimum absolute atomic E-state index is 0.0945. The molecule has 1 heterocycles. The Balaban J connectivity index is 2.37. The van der Waals surface area contributed by atoms with Crippen molar-refractivity contribution >= 4 is 6.16 Å². The summed E-state index contributed by atoms with van der Waals surface area (Å²) >= 11 is 0. The number of likely N-dealkylation sites (tertiary alicyclic amines) is 1. The van der Waals surface area contributed by atoms with Crippen LogP contribution in [0.25, 0.3) is 0 Å². The maximum Gasteiger partial charge on any atom is 0.509 e. The van der Waals surface area contributed by atoms with Gasteiger partial charge in [0.25, 0.3) is 0 Å². The number of ether oxygens (including phenoxy) is 3. The third kappa shape index (κ3) is 4.20. The van der Waals surface area contributed by atoms with Crippen molar-refractivity contribution in [1.82, 2.24) is 4.90 Å². The molecular weight excluding hydrogens is 306 g/mol. The third-order valence-electron chi connectivity index (χ3n) is 4.47. The van der Waals surface area contributed by atoms with Gasteiger partial charge in [-0.1, -0.05) is 19.1 Å². The van der Waals surface area contributed by atoms with Crippen molar-refractivity contribution < 1.29 is 19.0 Å². The first-order valence-electron chi connectivity index (χ1n) is 8.69. The highest BCUT2D eigenvalue weighted by Crippen LogP contribution is 2.42. The molecule has 1 fully saturated rings. The lowest BCUT2D eigenvalue weighted by Gasteiger charge is -2.44. The molecule has 0 aromatic heterocycles. The van der Waals surface area contributed by atoms with E-state index < -0.39 is 11.8 Å². The number of piperidine rings is 1. The van der Waals surface area contributed by atoms with Gasteiger partial charge in [0.05, 0.1) is 12.7 Å². The molecule has 0 bridgehead atoms. The average molecular weight is 335 g/mol. The highest BCUT2D eigenvalue weighted by molar-refractivity contribution is 5.61. The van der Waals surface area contributed by atoms with E-state index in [1.54, 1.807) is 6.92 Å². The highest BCUT2D eigenvalue weighted by atomic mass is 16.7. The Bertz CT molecular complexity index is 560. The van der Waals surface area contributed by atoms with Gasteiger partial charge in [-0.3, -0.25) is 0 Å². The molecule has 1 saturated heterocycles. The summed E-state index contributed by atoms with van der Waals surface area (Å²) in [6.07, 6.45) is 0.218. The lowest BCUT2D eigenvalue weighted by atomic mass is 9.76. The molecule has 0 amide bonds. The lowest BCUT2D eigenvalue weighted by Crippen LogP contribution is -2.50. The summed E-state index contributed by atoms with van der Waals surface area (Å²) in [5, 5.41) is 0. The molecule has 2 rings (SSSR count). The van der Waals surface area contributed by atoms with Gasteiger partial charge in [-0.05, 0) is 45.5 Å². The molecule has 2 unspecified atom stereocenters. The molecule has 5 nitrogen and oxygen atoms in total. The number of rotatable bonds is 5. The molecule has 1 aromatic rings. The summed E-state index contributed by atoms with van der Waals surface area (Å²) in [5.74, 6) is 0.940. The molecule has 1 aliphatic heterocycles. The SMILES string of the molecule is CCOC(=O)OC1(c2cccc(OC(C)C)c2)CCN(C)CC1C. The Morgan fingerprint density at radius 1 is 1.42 bits per heavy atom. The van der Waals surface area contributed by atoms with Crippen molar-refractivity contribution in [3.63, 3.8) is 0 Å². The molecule has 0 aliphatic carbocycles. The standard InChI is InChI=1S/C19H29NO4/c1-6-22-18(21)24-19(10-11-20(5)13-15(19)4)16-8-7-9-17(12-16)23-14(2)3/h7-9,12,14-15H,6,10-11,13H2,1-5H3. The van der Waals surface area contributed by atoms with Gasteiger partial charge in [0.15, 0.2) is 0 Å². The molecule has 0 spiro atoms. The first-order chi connectivity index (χ1) is 11.4. The number of carbonyl (C=O) groups excluding carboxylic acids is 1. The number of hydrogen-bond donors (Lipinski definition) is 0. The molecule has 0 radical (unpaired) electrons. The molecule has 0 N–H and O–H groups in total. The minimum Gasteiger partial charge on any atom is -0.491 e. The monoisotopic (exact) mass is 335 g/mol. The van der Waals surface area contributed by atoms with E-state index in [1.165, 1.54) is 0 Å². The van der Waals surface area contributed by atoms with Gasteiger partial charge < -0.3 is 19.1 Å². The van der Waals surface area contributed by atoms with Crippen molar-refractivity contribution in [2.75, 3.05) is 26.7 Å². The van der Waals surface area contributed by atoms with Gasteiger partial charge in [-0.25, -0.2) is 4.79 Å². The number of nitrogens with zero attached hydrogens (tertiary/aromatic N) is 1. The predicted octanol–water partition coefficient (Wildman–Crippen LogP) is 3.81. The molecule has 0 saturated carbocycles. The van der Waals surface area contributed by atoms with Crippen LogP contribution in [0, 0.1) is 5.92 Å². The predicted molar refractivity (Wildman–Crippen MR) is 93.3 cm³/mol. The van der Waals surface area contributed by atoms with E-state index in [0.717, 1.165) is 30.8 Å². The van der Waals surface area contributed by atoms with E-state index in [2.05, 4.69) is 18.9 Å². The summed E-state index contributed by atoms with van der Waals surface area (Å²) in [6.45, 7) is 9.91. The Morgan fingerprint density at radius 2 is 2.17 bits per heavy atom. The number of hydrogen-bond acceptors (Lipinski definition) is 5.